The standard InChI is InChI=1S/C9H9F2NO3/c1-12-4-6(9(14)15-2)5(8(10)11)3-7(12)13/h3-4,8H,1-2H3. The molecule has 0 spiro atoms. The summed E-state index contributed by atoms with van der Waals surface area (Å²) in [4.78, 5) is 22.2. The van der Waals surface area contributed by atoms with Crippen LogP contribution < -0.4 is 5.56 Å². The van der Waals surface area contributed by atoms with Crippen LogP contribution in [0.15, 0.2) is 17.1 Å². The number of ether oxygens (including phenoxy) is 1. The summed E-state index contributed by atoms with van der Waals surface area (Å²) in [7, 11) is 2.45. The van der Waals surface area contributed by atoms with E-state index in [0.717, 1.165) is 23.9 Å². The quantitative estimate of drug-likeness (QED) is 0.697. The number of methoxy groups -OCH3 is 1. The first-order valence-electron chi connectivity index (χ1n) is 4.04. The zero-order chi connectivity index (χ0) is 11.6. The highest BCUT2D eigenvalue weighted by Gasteiger charge is 2.20. The Morgan fingerprint density at radius 3 is 2.60 bits per heavy atom. The lowest BCUT2D eigenvalue weighted by atomic mass is 10.1. The summed E-state index contributed by atoms with van der Waals surface area (Å²) in [6.45, 7) is 0. The van der Waals surface area contributed by atoms with Crippen molar-refractivity contribution >= 4 is 5.97 Å². The van der Waals surface area contributed by atoms with Gasteiger partial charge in [0, 0.05) is 24.9 Å². The van der Waals surface area contributed by atoms with Crippen LogP contribution in [-0.2, 0) is 11.8 Å². The smallest absolute Gasteiger partial charge is 0.339 e. The van der Waals surface area contributed by atoms with Gasteiger partial charge in [-0.15, -0.1) is 0 Å². The van der Waals surface area contributed by atoms with E-state index in [2.05, 4.69) is 4.74 Å². The van der Waals surface area contributed by atoms with Crippen LogP contribution in [0.25, 0.3) is 0 Å². The van der Waals surface area contributed by atoms with Crippen molar-refractivity contribution in [3.05, 3.63) is 33.7 Å². The minimum atomic E-state index is -2.88. The number of nitrogens with zero attached hydrogens (tertiary/aromatic N) is 1. The monoisotopic (exact) mass is 217 g/mol. The Balaban J connectivity index is 3.41. The SMILES string of the molecule is COC(=O)c1cn(C)c(=O)cc1C(F)F. The first-order chi connectivity index (χ1) is 6.97. The fraction of sp³-hybridized carbons (Fsp3) is 0.333. The second kappa shape index (κ2) is 4.20. The Morgan fingerprint density at radius 2 is 2.13 bits per heavy atom. The summed E-state index contributed by atoms with van der Waals surface area (Å²) in [5, 5.41) is 0. The number of aryl methyl sites for hydroxylation is 1. The van der Waals surface area contributed by atoms with Gasteiger partial charge in [0.1, 0.15) is 0 Å². The molecule has 0 aliphatic rings. The maximum Gasteiger partial charge on any atom is 0.339 e. The van der Waals surface area contributed by atoms with Gasteiger partial charge in [0.2, 0.25) is 0 Å². The topological polar surface area (TPSA) is 48.3 Å². The molecule has 1 aromatic rings. The highest BCUT2D eigenvalue weighted by atomic mass is 19.3. The maximum absolute atomic E-state index is 12.5. The lowest BCUT2D eigenvalue weighted by molar-refractivity contribution is 0.0588. The molecule has 0 fully saturated rings. The Kier molecular flexibility index (Phi) is 3.18. The van der Waals surface area contributed by atoms with Crippen LogP contribution in [0.2, 0.25) is 0 Å². The zero-order valence-electron chi connectivity index (χ0n) is 8.16. The van der Waals surface area contributed by atoms with Gasteiger partial charge in [-0.05, 0) is 0 Å². The zero-order valence-corrected chi connectivity index (χ0v) is 8.16. The third-order valence-electron chi connectivity index (χ3n) is 1.90. The van der Waals surface area contributed by atoms with Gasteiger partial charge in [0.25, 0.3) is 12.0 Å². The predicted molar refractivity (Wildman–Crippen MR) is 48.0 cm³/mol. The largest absolute Gasteiger partial charge is 0.465 e. The van der Waals surface area contributed by atoms with E-state index < -0.39 is 23.5 Å². The summed E-state index contributed by atoms with van der Waals surface area (Å²) >= 11 is 0. The van der Waals surface area contributed by atoms with E-state index in [4.69, 9.17) is 0 Å². The van der Waals surface area contributed by atoms with Crippen molar-refractivity contribution in [3.63, 3.8) is 0 Å². The van der Waals surface area contributed by atoms with Crippen molar-refractivity contribution in [3.8, 4) is 0 Å². The van der Waals surface area contributed by atoms with Gasteiger partial charge >= 0.3 is 5.97 Å². The van der Waals surface area contributed by atoms with E-state index in [1.165, 1.54) is 7.05 Å². The molecule has 0 atom stereocenters. The number of hydrogen-bond donors (Lipinski definition) is 0. The van der Waals surface area contributed by atoms with E-state index in [1.54, 1.807) is 0 Å². The van der Waals surface area contributed by atoms with Crippen LogP contribution in [0.5, 0.6) is 0 Å². The molecule has 1 heterocycles. The van der Waals surface area contributed by atoms with Crippen LogP contribution in [0.1, 0.15) is 22.3 Å². The molecule has 0 aromatic carbocycles. The van der Waals surface area contributed by atoms with Gasteiger partial charge in [-0.2, -0.15) is 0 Å². The molecule has 0 aliphatic carbocycles. The van der Waals surface area contributed by atoms with Gasteiger partial charge in [-0.3, -0.25) is 4.79 Å². The van der Waals surface area contributed by atoms with Crippen LogP contribution in [0, 0.1) is 0 Å². The molecule has 0 unspecified atom stereocenters. The van der Waals surface area contributed by atoms with E-state index in [-0.39, 0.29) is 5.56 Å². The van der Waals surface area contributed by atoms with E-state index >= 15 is 0 Å². The Hall–Kier alpha value is -1.72. The van der Waals surface area contributed by atoms with Crippen LogP contribution in [-0.4, -0.2) is 17.6 Å². The molecule has 0 N–H and O–H groups in total. The van der Waals surface area contributed by atoms with Crippen LogP contribution in [0.4, 0.5) is 8.78 Å². The van der Waals surface area contributed by atoms with Crippen molar-refractivity contribution < 1.29 is 18.3 Å². The van der Waals surface area contributed by atoms with Crippen molar-refractivity contribution in [1.82, 2.24) is 4.57 Å². The number of alkyl halides is 2. The van der Waals surface area contributed by atoms with Crippen LogP contribution >= 0.6 is 0 Å². The van der Waals surface area contributed by atoms with Crippen molar-refractivity contribution in [2.24, 2.45) is 7.05 Å². The van der Waals surface area contributed by atoms with Gasteiger partial charge < -0.3 is 9.30 Å². The molecule has 1 aromatic heterocycles. The summed E-state index contributed by atoms with van der Waals surface area (Å²) in [6, 6.07) is 0.733. The molecule has 6 heteroatoms. The Labute approximate surface area is 84.1 Å². The molecule has 0 radical (unpaired) electrons. The molecular formula is C9H9F2NO3. The van der Waals surface area contributed by atoms with Gasteiger partial charge in [0.15, 0.2) is 0 Å². The number of carbonyl (C=O) groups is 1. The number of esters is 1. The molecule has 4 nitrogen and oxygen atoms in total. The molecule has 0 amide bonds. The summed E-state index contributed by atoms with van der Waals surface area (Å²) in [5.74, 6) is -0.888. The third-order valence-corrected chi connectivity index (χ3v) is 1.90. The predicted octanol–water partition coefficient (Wildman–Crippen LogP) is 1.11. The number of hydrogen-bond acceptors (Lipinski definition) is 3. The van der Waals surface area contributed by atoms with Crippen molar-refractivity contribution in [2.75, 3.05) is 7.11 Å². The summed E-state index contributed by atoms with van der Waals surface area (Å²) in [5.41, 5.74) is -1.50. The molecule has 0 saturated carbocycles. The van der Waals surface area contributed by atoms with E-state index in [1.807, 2.05) is 0 Å². The minimum Gasteiger partial charge on any atom is -0.465 e. The average molecular weight is 217 g/mol. The Morgan fingerprint density at radius 1 is 1.53 bits per heavy atom. The number of pyridine rings is 1. The number of aromatic nitrogens is 1. The first-order valence-corrected chi connectivity index (χ1v) is 4.04. The molecular weight excluding hydrogens is 208 g/mol. The highest BCUT2D eigenvalue weighted by Crippen LogP contribution is 2.21. The van der Waals surface area contributed by atoms with Gasteiger partial charge in [-0.25, -0.2) is 13.6 Å². The molecule has 0 saturated heterocycles. The van der Waals surface area contributed by atoms with Crippen molar-refractivity contribution in [2.45, 2.75) is 6.43 Å². The van der Waals surface area contributed by atoms with Gasteiger partial charge in [0.05, 0.1) is 12.7 Å². The summed E-state index contributed by atoms with van der Waals surface area (Å²) < 4.78 is 30.3. The highest BCUT2D eigenvalue weighted by molar-refractivity contribution is 5.90. The molecule has 82 valence electrons. The fourth-order valence-corrected chi connectivity index (χ4v) is 1.11. The van der Waals surface area contributed by atoms with E-state index in [9.17, 15) is 18.4 Å². The minimum absolute atomic E-state index is 0.297. The molecule has 1 rings (SSSR count). The number of carbonyl (C=O) groups excluding carboxylic acids is 1. The normalized spacial score (nSPS) is 10.5. The average Bonchev–Trinajstić information content (AvgIpc) is 2.20. The van der Waals surface area contributed by atoms with Crippen molar-refractivity contribution in [1.29, 1.82) is 0 Å². The van der Waals surface area contributed by atoms with Crippen LogP contribution in [0.3, 0.4) is 0 Å². The van der Waals surface area contributed by atoms with E-state index in [0.29, 0.717) is 0 Å². The summed E-state index contributed by atoms with van der Waals surface area (Å²) in [6.07, 6.45) is -1.84. The second-order valence-corrected chi connectivity index (χ2v) is 2.88. The molecule has 0 aliphatic heterocycles. The lowest BCUT2D eigenvalue weighted by Crippen LogP contribution is -2.20. The molecule has 0 bridgehead atoms. The lowest BCUT2D eigenvalue weighted by Gasteiger charge is -2.08. The second-order valence-electron chi connectivity index (χ2n) is 2.88. The maximum atomic E-state index is 12.5. The number of halogens is 2. The first kappa shape index (κ1) is 11.4. The molecule has 15 heavy (non-hydrogen) atoms. The third kappa shape index (κ3) is 2.20. The van der Waals surface area contributed by atoms with Gasteiger partial charge in [-0.1, -0.05) is 0 Å². The Bertz CT molecular complexity index is 439. The number of rotatable bonds is 2. The fourth-order valence-electron chi connectivity index (χ4n) is 1.11.